The number of esters is 1. The van der Waals surface area contributed by atoms with Crippen molar-refractivity contribution in [1.29, 1.82) is 5.26 Å². The third kappa shape index (κ3) is 5.47. The average molecular weight is 421 g/mol. The molecular weight excluding hydrogens is 400 g/mol. The molecule has 0 unspecified atom stereocenters. The molecule has 1 atom stereocenters. The van der Waals surface area contributed by atoms with E-state index in [1.54, 1.807) is 17.5 Å². The first kappa shape index (κ1) is 21.7. The van der Waals surface area contributed by atoms with E-state index in [9.17, 15) is 9.59 Å². The standard InChI is InChI=1S/C20H21ClN2O4S/c1-11(2)15-8-16(21)12(3)7-17(15)26-10-18(24)27-13(4)19(25)23-20-14(9-22)5-6-28-20/h5-8,11,13H,10H2,1-4H3,(H,23,25)/t13-/m0/s1. The molecule has 6 nitrogen and oxygen atoms in total. The molecular formula is C20H21ClN2O4S. The molecule has 0 aliphatic rings. The van der Waals surface area contributed by atoms with Crippen LogP contribution in [-0.4, -0.2) is 24.6 Å². The van der Waals surface area contributed by atoms with Crippen molar-refractivity contribution in [3.63, 3.8) is 0 Å². The van der Waals surface area contributed by atoms with Crippen LogP contribution < -0.4 is 10.1 Å². The summed E-state index contributed by atoms with van der Waals surface area (Å²) in [6, 6.07) is 7.19. The van der Waals surface area contributed by atoms with Crippen molar-refractivity contribution in [3.05, 3.63) is 45.3 Å². The molecule has 0 radical (unpaired) electrons. The third-order valence-corrected chi connectivity index (χ3v) is 5.20. The number of benzene rings is 1. The van der Waals surface area contributed by atoms with E-state index < -0.39 is 18.0 Å². The Kier molecular flexibility index (Phi) is 7.44. The van der Waals surface area contributed by atoms with Crippen molar-refractivity contribution < 1.29 is 19.1 Å². The highest BCUT2D eigenvalue weighted by atomic mass is 35.5. The largest absolute Gasteiger partial charge is 0.482 e. The predicted molar refractivity (Wildman–Crippen MR) is 109 cm³/mol. The Morgan fingerprint density at radius 2 is 2.04 bits per heavy atom. The van der Waals surface area contributed by atoms with Gasteiger partial charge in [-0.3, -0.25) is 4.79 Å². The fourth-order valence-electron chi connectivity index (χ4n) is 2.38. The van der Waals surface area contributed by atoms with E-state index in [1.807, 2.05) is 32.9 Å². The molecule has 1 aromatic carbocycles. The van der Waals surface area contributed by atoms with E-state index in [0.717, 1.165) is 11.1 Å². The summed E-state index contributed by atoms with van der Waals surface area (Å²) in [6.07, 6.45) is -1.03. The second-order valence-corrected chi connectivity index (χ2v) is 7.80. The zero-order valence-corrected chi connectivity index (χ0v) is 17.6. The highest BCUT2D eigenvalue weighted by Crippen LogP contribution is 2.32. The number of carbonyl (C=O) groups excluding carboxylic acids is 2. The summed E-state index contributed by atoms with van der Waals surface area (Å²) in [5.41, 5.74) is 2.09. The Hall–Kier alpha value is -2.56. The van der Waals surface area contributed by atoms with Gasteiger partial charge in [-0.1, -0.05) is 25.4 Å². The molecule has 2 aromatic rings. The summed E-state index contributed by atoms with van der Waals surface area (Å²) < 4.78 is 10.7. The zero-order chi connectivity index (χ0) is 20.8. The van der Waals surface area contributed by atoms with Crippen molar-refractivity contribution in [2.75, 3.05) is 11.9 Å². The molecule has 28 heavy (non-hydrogen) atoms. The first-order valence-corrected chi connectivity index (χ1v) is 9.89. The van der Waals surface area contributed by atoms with Gasteiger partial charge in [0.1, 0.15) is 16.8 Å². The fourth-order valence-corrected chi connectivity index (χ4v) is 3.29. The molecule has 0 saturated carbocycles. The molecule has 0 bridgehead atoms. The van der Waals surface area contributed by atoms with Gasteiger partial charge in [-0.25, -0.2) is 4.79 Å². The lowest BCUT2D eigenvalue weighted by atomic mass is 10.0. The number of nitrogens with zero attached hydrogens (tertiary/aromatic N) is 1. The van der Waals surface area contributed by atoms with Gasteiger partial charge in [-0.05, 0) is 54.5 Å². The first-order valence-electron chi connectivity index (χ1n) is 8.63. The van der Waals surface area contributed by atoms with Gasteiger partial charge >= 0.3 is 5.97 Å². The molecule has 0 aliphatic carbocycles. The molecule has 1 N–H and O–H groups in total. The van der Waals surface area contributed by atoms with Crippen LogP contribution in [-0.2, 0) is 14.3 Å². The van der Waals surface area contributed by atoms with Gasteiger partial charge in [0, 0.05) is 5.02 Å². The molecule has 148 valence electrons. The minimum absolute atomic E-state index is 0.161. The number of aryl methyl sites for hydroxylation is 1. The summed E-state index contributed by atoms with van der Waals surface area (Å²) in [7, 11) is 0. The number of carbonyl (C=O) groups is 2. The van der Waals surface area contributed by atoms with E-state index in [1.165, 1.54) is 18.3 Å². The maximum atomic E-state index is 12.2. The number of hydrogen-bond donors (Lipinski definition) is 1. The summed E-state index contributed by atoms with van der Waals surface area (Å²) in [4.78, 5) is 24.3. The highest BCUT2D eigenvalue weighted by molar-refractivity contribution is 7.14. The van der Waals surface area contributed by atoms with E-state index in [4.69, 9.17) is 26.3 Å². The monoisotopic (exact) mass is 420 g/mol. The summed E-state index contributed by atoms with van der Waals surface area (Å²) >= 11 is 7.39. The summed E-state index contributed by atoms with van der Waals surface area (Å²) in [5, 5.41) is 14.3. The van der Waals surface area contributed by atoms with Crippen molar-refractivity contribution in [1.82, 2.24) is 0 Å². The third-order valence-electron chi connectivity index (χ3n) is 3.96. The lowest BCUT2D eigenvalue weighted by Gasteiger charge is -2.17. The lowest BCUT2D eigenvalue weighted by molar-refractivity contribution is -0.155. The summed E-state index contributed by atoms with van der Waals surface area (Å²) in [6.45, 7) is 6.97. The number of amides is 1. The van der Waals surface area contributed by atoms with Crippen LogP contribution in [0, 0.1) is 18.3 Å². The number of nitriles is 1. The maximum absolute atomic E-state index is 12.2. The molecule has 0 fully saturated rings. The van der Waals surface area contributed by atoms with E-state index in [0.29, 0.717) is 21.3 Å². The van der Waals surface area contributed by atoms with Crippen LogP contribution >= 0.6 is 22.9 Å². The number of thiophene rings is 1. The zero-order valence-electron chi connectivity index (χ0n) is 16.0. The SMILES string of the molecule is Cc1cc(OCC(=O)O[C@@H](C)C(=O)Nc2sccc2C#N)c(C(C)C)cc1Cl. The van der Waals surface area contributed by atoms with Crippen LogP contribution in [0.1, 0.15) is 43.4 Å². The van der Waals surface area contributed by atoms with Crippen LogP contribution in [0.15, 0.2) is 23.6 Å². The second kappa shape index (κ2) is 9.58. The van der Waals surface area contributed by atoms with Gasteiger partial charge in [-0.2, -0.15) is 5.26 Å². The van der Waals surface area contributed by atoms with Gasteiger partial charge < -0.3 is 14.8 Å². The normalized spacial score (nSPS) is 11.6. The topological polar surface area (TPSA) is 88.4 Å². The van der Waals surface area contributed by atoms with E-state index >= 15 is 0 Å². The Bertz CT molecular complexity index is 917. The molecule has 1 heterocycles. The fraction of sp³-hybridized carbons (Fsp3) is 0.350. The molecule has 0 aliphatic heterocycles. The van der Waals surface area contributed by atoms with Crippen molar-refractivity contribution in [3.8, 4) is 11.8 Å². The molecule has 0 saturated heterocycles. The molecule has 2 rings (SSSR count). The Morgan fingerprint density at radius 1 is 1.32 bits per heavy atom. The number of hydrogen-bond acceptors (Lipinski definition) is 6. The molecule has 0 spiro atoms. The molecule has 1 aromatic heterocycles. The number of rotatable bonds is 7. The lowest BCUT2D eigenvalue weighted by Crippen LogP contribution is -2.31. The first-order chi connectivity index (χ1) is 13.2. The van der Waals surface area contributed by atoms with Crippen LogP contribution in [0.3, 0.4) is 0 Å². The van der Waals surface area contributed by atoms with E-state index in [2.05, 4.69) is 5.32 Å². The van der Waals surface area contributed by atoms with Crippen LogP contribution in [0.4, 0.5) is 5.00 Å². The van der Waals surface area contributed by atoms with Gasteiger partial charge in [0.15, 0.2) is 12.7 Å². The number of anilines is 1. The highest BCUT2D eigenvalue weighted by Gasteiger charge is 2.20. The summed E-state index contributed by atoms with van der Waals surface area (Å²) in [5.74, 6) is -0.466. The smallest absolute Gasteiger partial charge is 0.344 e. The number of nitrogens with one attached hydrogen (secondary N) is 1. The van der Waals surface area contributed by atoms with Crippen molar-refractivity contribution in [2.45, 2.75) is 39.7 Å². The Labute approximate surface area is 173 Å². The minimum Gasteiger partial charge on any atom is -0.482 e. The average Bonchev–Trinajstić information content (AvgIpc) is 3.09. The van der Waals surface area contributed by atoms with Crippen LogP contribution in [0.5, 0.6) is 5.75 Å². The number of halogens is 1. The Balaban J connectivity index is 1.94. The van der Waals surface area contributed by atoms with E-state index in [-0.39, 0.29) is 12.5 Å². The Morgan fingerprint density at radius 3 is 2.68 bits per heavy atom. The van der Waals surface area contributed by atoms with Gasteiger partial charge in [0.25, 0.3) is 5.91 Å². The maximum Gasteiger partial charge on any atom is 0.344 e. The van der Waals surface area contributed by atoms with Gasteiger partial charge in [0.2, 0.25) is 0 Å². The quantitative estimate of drug-likeness (QED) is 0.658. The predicted octanol–water partition coefficient (Wildman–Crippen LogP) is 4.65. The van der Waals surface area contributed by atoms with Gasteiger partial charge in [-0.15, -0.1) is 11.3 Å². The molecule has 8 heteroatoms. The second-order valence-electron chi connectivity index (χ2n) is 6.48. The van der Waals surface area contributed by atoms with Gasteiger partial charge in [0.05, 0.1) is 5.56 Å². The minimum atomic E-state index is -1.03. The number of ether oxygens (including phenoxy) is 2. The van der Waals surface area contributed by atoms with Crippen molar-refractivity contribution in [2.24, 2.45) is 0 Å². The molecule has 1 amide bonds. The van der Waals surface area contributed by atoms with Crippen LogP contribution in [0.2, 0.25) is 5.02 Å². The van der Waals surface area contributed by atoms with Crippen LogP contribution in [0.25, 0.3) is 0 Å². The van der Waals surface area contributed by atoms with Crippen molar-refractivity contribution >= 4 is 39.8 Å².